The monoisotopic (exact) mass is 406 g/mol. The van der Waals surface area contributed by atoms with Crippen LogP contribution < -0.4 is 14.0 Å². The van der Waals surface area contributed by atoms with Crippen molar-refractivity contribution < 1.29 is 28.5 Å². The first-order valence-corrected chi connectivity index (χ1v) is 9.42. The highest BCUT2D eigenvalue weighted by molar-refractivity contribution is 6.31. The van der Waals surface area contributed by atoms with Crippen molar-refractivity contribution in [3.05, 3.63) is 76.8 Å². The second kappa shape index (κ2) is 7.01. The molecule has 0 saturated heterocycles. The van der Waals surface area contributed by atoms with Gasteiger partial charge in [0.05, 0.1) is 25.9 Å². The molecular weight excluding hydrogens is 395 g/mol. The molecule has 2 aromatic carbocycles. The van der Waals surface area contributed by atoms with Crippen LogP contribution in [0, 0.1) is 10.2 Å². The van der Waals surface area contributed by atoms with Crippen molar-refractivity contribution in [3.8, 4) is 5.69 Å². The number of hydrogen-bond acceptors (Lipinski definition) is 7. The fraction of sp³-hybridized carbons (Fsp3) is 0.118. The van der Waals surface area contributed by atoms with Crippen LogP contribution in [0.1, 0.15) is 23.0 Å². The van der Waals surface area contributed by atoms with Crippen LogP contribution in [0.5, 0.6) is 0 Å². The standard InChI is InChI=1S/C17H12Cl2N4O4/c18-12-6-7-15-13(8-12)16(11-4-2-1-3-5-11)21-14(9-27-19(24,25)26)17-22-20-10-23(15)17/h1-8,10,14H,9H2. The van der Waals surface area contributed by atoms with Gasteiger partial charge in [0.25, 0.3) is 0 Å². The van der Waals surface area contributed by atoms with Crippen LogP contribution in [0.15, 0.2) is 59.9 Å². The number of benzene rings is 2. The summed E-state index contributed by atoms with van der Waals surface area (Å²) in [5.74, 6) is 0.350. The Bertz CT molecular complexity index is 1000. The minimum atomic E-state index is -4.59. The molecule has 1 aliphatic rings. The lowest BCUT2D eigenvalue weighted by Crippen LogP contribution is -2.61. The number of rotatable bonds is 4. The smallest absolute Gasteiger partial charge is 0.233 e. The molecule has 1 atom stereocenters. The normalized spacial score (nSPS) is 16.3. The molecule has 27 heavy (non-hydrogen) atoms. The van der Waals surface area contributed by atoms with Crippen molar-refractivity contribution in [3.63, 3.8) is 0 Å². The minimum Gasteiger partial charge on any atom is -0.283 e. The van der Waals surface area contributed by atoms with E-state index in [1.807, 2.05) is 30.3 Å². The summed E-state index contributed by atoms with van der Waals surface area (Å²) in [5.41, 5.74) is 2.83. The summed E-state index contributed by atoms with van der Waals surface area (Å²) in [6, 6.07) is 13.8. The third-order valence-electron chi connectivity index (χ3n) is 4.03. The summed E-state index contributed by atoms with van der Waals surface area (Å²) in [7, 11) is -4.59. The van der Waals surface area contributed by atoms with Gasteiger partial charge in [-0.1, -0.05) is 41.9 Å². The number of halogens is 2. The van der Waals surface area contributed by atoms with E-state index in [2.05, 4.69) is 19.5 Å². The van der Waals surface area contributed by atoms with Crippen molar-refractivity contribution in [1.29, 1.82) is 0 Å². The molecule has 0 bridgehead atoms. The molecule has 0 amide bonds. The highest BCUT2D eigenvalue weighted by atomic mass is 35.7. The zero-order chi connectivity index (χ0) is 19.0. The third-order valence-corrected chi connectivity index (χ3v) is 4.66. The van der Waals surface area contributed by atoms with Gasteiger partial charge >= 0.3 is 0 Å². The lowest BCUT2D eigenvalue weighted by molar-refractivity contribution is -1.92. The van der Waals surface area contributed by atoms with Gasteiger partial charge in [0.15, 0.2) is 11.9 Å². The summed E-state index contributed by atoms with van der Waals surface area (Å²) in [4.78, 5) is 4.65. The summed E-state index contributed by atoms with van der Waals surface area (Å²) >= 11 is 6.20. The molecular formula is C17H12Cl2N4O4. The second-order valence-corrected chi connectivity index (χ2v) is 7.14. The summed E-state index contributed by atoms with van der Waals surface area (Å²) < 4.78 is 38.8. The van der Waals surface area contributed by atoms with Crippen molar-refractivity contribution in [1.82, 2.24) is 14.8 Å². The molecule has 0 saturated carbocycles. The number of aromatic nitrogens is 3. The lowest BCUT2D eigenvalue weighted by Gasteiger charge is -2.15. The summed E-state index contributed by atoms with van der Waals surface area (Å²) in [6.07, 6.45) is 1.49. The highest BCUT2D eigenvalue weighted by Gasteiger charge is 2.31. The molecule has 2 heterocycles. The van der Waals surface area contributed by atoms with Crippen molar-refractivity contribution in [2.24, 2.45) is 4.99 Å². The Morgan fingerprint density at radius 2 is 1.89 bits per heavy atom. The van der Waals surface area contributed by atoms with Gasteiger partial charge in [-0.3, -0.25) is 9.56 Å². The van der Waals surface area contributed by atoms with Crippen LogP contribution in [0.2, 0.25) is 5.02 Å². The fourth-order valence-corrected chi connectivity index (χ4v) is 3.37. The zero-order valence-corrected chi connectivity index (χ0v) is 15.2. The maximum Gasteiger partial charge on any atom is 0.233 e. The largest absolute Gasteiger partial charge is 0.283 e. The van der Waals surface area contributed by atoms with Gasteiger partial charge in [-0.15, -0.1) is 10.2 Å². The molecule has 1 aliphatic heterocycles. The first-order valence-electron chi connectivity index (χ1n) is 7.81. The predicted octanol–water partition coefficient (Wildman–Crippen LogP) is -0.273. The average Bonchev–Trinajstić information content (AvgIpc) is 3.07. The Morgan fingerprint density at radius 1 is 1.11 bits per heavy atom. The average molecular weight is 407 g/mol. The maximum atomic E-state index is 10.9. The molecule has 0 N–H and O–H groups in total. The Hall–Kier alpha value is -2.33. The van der Waals surface area contributed by atoms with E-state index in [0.29, 0.717) is 16.6 Å². The predicted molar refractivity (Wildman–Crippen MR) is 87.1 cm³/mol. The van der Waals surface area contributed by atoms with Gasteiger partial charge in [-0.2, -0.15) is 14.0 Å². The fourth-order valence-electron chi connectivity index (χ4n) is 2.92. The van der Waals surface area contributed by atoms with Crippen molar-refractivity contribution in [2.75, 3.05) is 6.61 Å². The van der Waals surface area contributed by atoms with E-state index in [-0.39, 0.29) is 0 Å². The van der Waals surface area contributed by atoms with E-state index in [4.69, 9.17) is 11.6 Å². The molecule has 1 aromatic heterocycles. The first-order chi connectivity index (χ1) is 12.9. The van der Waals surface area contributed by atoms with Gasteiger partial charge in [0.2, 0.25) is 6.61 Å². The molecule has 8 nitrogen and oxygen atoms in total. The molecule has 0 spiro atoms. The number of nitrogens with zero attached hydrogens (tertiary/aromatic N) is 4. The van der Waals surface area contributed by atoms with E-state index in [9.17, 15) is 14.0 Å². The van der Waals surface area contributed by atoms with Crippen LogP contribution >= 0.6 is 11.6 Å². The van der Waals surface area contributed by atoms with Gasteiger partial charge in [-0.05, 0) is 18.2 Å². The van der Waals surface area contributed by atoms with Crippen molar-refractivity contribution >= 4 is 17.3 Å². The first kappa shape index (κ1) is 18.1. The zero-order valence-electron chi connectivity index (χ0n) is 13.7. The van der Waals surface area contributed by atoms with Gasteiger partial charge < -0.3 is 0 Å². The Labute approximate surface area is 161 Å². The molecule has 138 valence electrons. The van der Waals surface area contributed by atoms with E-state index in [1.54, 1.807) is 22.8 Å². The third kappa shape index (κ3) is 3.72. The molecule has 0 aliphatic carbocycles. The molecule has 1 unspecified atom stereocenters. The quantitative estimate of drug-likeness (QED) is 0.587. The Balaban J connectivity index is 1.90. The highest BCUT2D eigenvalue weighted by Crippen LogP contribution is 2.31. The minimum absolute atomic E-state index is 0.350. The number of fused-ring (bicyclic) bond motifs is 3. The van der Waals surface area contributed by atoms with E-state index in [0.717, 1.165) is 16.8 Å². The van der Waals surface area contributed by atoms with Gasteiger partial charge in [0, 0.05) is 16.1 Å². The Kier molecular flexibility index (Phi) is 4.68. The molecule has 0 radical (unpaired) electrons. The van der Waals surface area contributed by atoms with Crippen molar-refractivity contribution in [2.45, 2.75) is 6.04 Å². The lowest BCUT2D eigenvalue weighted by atomic mass is 10.0. The second-order valence-electron chi connectivity index (χ2n) is 5.73. The van der Waals surface area contributed by atoms with E-state index < -0.39 is 22.9 Å². The maximum absolute atomic E-state index is 10.9. The molecule has 0 fully saturated rings. The van der Waals surface area contributed by atoms with E-state index in [1.165, 1.54) is 6.33 Å². The van der Waals surface area contributed by atoms with Crippen LogP contribution in [-0.2, 0) is 4.29 Å². The number of hydrogen-bond donors (Lipinski definition) is 0. The SMILES string of the molecule is [O-][Cl+3]([O-])([O-])OCC1N=C(c2ccccc2)c2cc(Cl)ccc2-n2cnnc21. The van der Waals surface area contributed by atoms with Crippen LogP contribution in [-0.4, -0.2) is 27.1 Å². The summed E-state index contributed by atoms with van der Waals surface area (Å²) in [5, 5.41) is 8.44. The molecule has 10 heteroatoms. The van der Waals surface area contributed by atoms with Crippen LogP contribution in [0.3, 0.4) is 0 Å². The Morgan fingerprint density at radius 3 is 2.63 bits per heavy atom. The van der Waals surface area contributed by atoms with E-state index >= 15 is 0 Å². The van der Waals surface area contributed by atoms with Crippen LogP contribution in [0.4, 0.5) is 0 Å². The molecule has 3 aromatic rings. The summed E-state index contributed by atoms with van der Waals surface area (Å²) in [6.45, 7) is -0.496. The van der Waals surface area contributed by atoms with Crippen LogP contribution in [0.25, 0.3) is 5.69 Å². The molecule has 4 rings (SSSR count). The van der Waals surface area contributed by atoms with Gasteiger partial charge in [0.1, 0.15) is 6.33 Å². The topological polar surface area (TPSA) is 121 Å². The number of aliphatic imine (C=N–C) groups is 1. The van der Waals surface area contributed by atoms with Gasteiger partial charge in [-0.25, -0.2) is 0 Å².